The Kier molecular flexibility index (Phi) is 4.75. The third-order valence-corrected chi connectivity index (χ3v) is 3.97. The first-order chi connectivity index (χ1) is 9.61. The van der Waals surface area contributed by atoms with Gasteiger partial charge in [0.2, 0.25) is 5.91 Å². The van der Waals surface area contributed by atoms with E-state index in [1.165, 1.54) is 0 Å². The van der Waals surface area contributed by atoms with Crippen molar-refractivity contribution in [3.05, 3.63) is 35.9 Å². The summed E-state index contributed by atoms with van der Waals surface area (Å²) in [6, 6.07) is 11.7. The van der Waals surface area contributed by atoms with Crippen molar-refractivity contribution in [1.82, 2.24) is 4.90 Å². The molecule has 1 aromatic carbocycles. The van der Waals surface area contributed by atoms with Crippen molar-refractivity contribution < 1.29 is 9.90 Å². The van der Waals surface area contributed by atoms with E-state index >= 15 is 0 Å². The Hall–Kier alpha value is -1.86. The number of hydrogen-bond acceptors (Lipinski definition) is 3. The standard InChI is InChI=1S/C16H20N2O2/c1-12-7-8-18(11-15(12)19)16(20)14(10-17)9-13-5-3-2-4-6-13/h2-6,12,14-15,19H,7-9,11H2,1H3. The summed E-state index contributed by atoms with van der Waals surface area (Å²) >= 11 is 0. The Morgan fingerprint density at radius 3 is 2.80 bits per heavy atom. The van der Waals surface area contributed by atoms with Crippen LogP contribution in [-0.2, 0) is 11.2 Å². The lowest BCUT2D eigenvalue weighted by atomic mass is 9.93. The average Bonchev–Trinajstić information content (AvgIpc) is 2.48. The molecule has 3 unspecified atom stereocenters. The van der Waals surface area contributed by atoms with Gasteiger partial charge >= 0.3 is 0 Å². The SMILES string of the molecule is CC1CCN(C(=O)C(C#N)Cc2ccccc2)CC1O. The fraction of sp³-hybridized carbons (Fsp3) is 0.500. The normalized spacial score (nSPS) is 23.9. The number of aliphatic hydroxyl groups is 1. The van der Waals surface area contributed by atoms with Crippen LogP contribution in [-0.4, -0.2) is 35.1 Å². The smallest absolute Gasteiger partial charge is 0.240 e. The predicted molar refractivity (Wildman–Crippen MR) is 75.6 cm³/mol. The van der Waals surface area contributed by atoms with Crippen LogP contribution in [0, 0.1) is 23.2 Å². The van der Waals surface area contributed by atoms with E-state index in [-0.39, 0.29) is 11.8 Å². The number of likely N-dealkylation sites (tertiary alicyclic amines) is 1. The van der Waals surface area contributed by atoms with Crippen LogP contribution >= 0.6 is 0 Å². The number of aliphatic hydroxyl groups excluding tert-OH is 1. The van der Waals surface area contributed by atoms with Gasteiger partial charge in [0.05, 0.1) is 12.2 Å². The molecular formula is C16H20N2O2. The van der Waals surface area contributed by atoms with Crippen LogP contribution in [0.3, 0.4) is 0 Å². The molecule has 4 nitrogen and oxygen atoms in total. The Labute approximate surface area is 119 Å². The van der Waals surface area contributed by atoms with E-state index in [0.29, 0.717) is 19.5 Å². The van der Waals surface area contributed by atoms with Gasteiger partial charge in [0.1, 0.15) is 5.92 Å². The van der Waals surface area contributed by atoms with Gasteiger partial charge < -0.3 is 10.0 Å². The second kappa shape index (κ2) is 6.53. The first-order valence-electron chi connectivity index (χ1n) is 7.02. The van der Waals surface area contributed by atoms with E-state index in [1.54, 1.807) is 4.90 Å². The lowest BCUT2D eigenvalue weighted by Gasteiger charge is -2.35. The van der Waals surface area contributed by atoms with Crippen molar-refractivity contribution in [1.29, 1.82) is 5.26 Å². The summed E-state index contributed by atoms with van der Waals surface area (Å²) < 4.78 is 0. The number of hydrogen-bond donors (Lipinski definition) is 1. The topological polar surface area (TPSA) is 64.3 Å². The van der Waals surface area contributed by atoms with Gasteiger partial charge in [-0.05, 0) is 24.3 Å². The summed E-state index contributed by atoms with van der Waals surface area (Å²) in [5.41, 5.74) is 0.985. The molecule has 1 saturated heterocycles. The highest BCUT2D eigenvalue weighted by molar-refractivity contribution is 5.81. The maximum absolute atomic E-state index is 12.4. The van der Waals surface area contributed by atoms with Crippen molar-refractivity contribution in [2.75, 3.05) is 13.1 Å². The number of benzene rings is 1. The van der Waals surface area contributed by atoms with E-state index in [2.05, 4.69) is 6.07 Å². The molecule has 1 aliphatic heterocycles. The van der Waals surface area contributed by atoms with Crippen molar-refractivity contribution in [2.45, 2.75) is 25.9 Å². The largest absolute Gasteiger partial charge is 0.391 e. The third-order valence-electron chi connectivity index (χ3n) is 3.97. The van der Waals surface area contributed by atoms with Gasteiger partial charge in [0.15, 0.2) is 0 Å². The number of piperidine rings is 1. The fourth-order valence-electron chi connectivity index (χ4n) is 2.51. The zero-order valence-electron chi connectivity index (χ0n) is 11.7. The van der Waals surface area contributed by atoms with Crippen molar-refractivity contribution in [2.24, 2.45) is 11.8 Å². The molecule has 0 aromatic heterocycles. The van der Waals surface area contributed by atoms with Gasteiger partial charge in [0.25, 0.3) is 0 Å². The molecule has 0 saturated carbocycles. The van der Waals surface area contributed by atoms with E-state index in [0.717, 1.165) is 12.0 Å². The molecule has 1 aromatic rings. The summed E-state index contributed by atoms with van der Waals surface area (Å²) in [6.45, 7) is 2.95. The number of amides is 1. The monoisotopic (exact) mass is 272 g/mol. The van der Waals surface area contributed by atoms with Crippen molar-refractivity contribution >= 4 is 5.91 Å². The van der Waals surface area contributed by atoms with E-state index in [9.17, 15) is 15.2 Å². The molecule has 1 aliphatic rings. The third kappa shape index (κ3) is 3.37. The molecule has 1 N–H and O–H groups in total. The molecule has 1 amide bonds. The minimum Gasteiger partial charge on any atom is -0.391 e. The quantitative estimate of drug-likeness (QED) is 0.909. The van der Waals surface area contributed by atoms with Crippen molar-refractivity contribution in [3.63, 3.8) is 0 Å². The summed E-state index contributed by atoms with van der Waals surface area (Å²) in [4.78, 5) is 14.0. The second-order valence-electron chi connectivity index (χ2n) is 5.49. The van der Waals surface area contributed by atoms with Crippen LogP contribution in [0.15, 0.2) is 30.3 Å². The Bertz CT molecular complexity index is 495. The molecule has 3 atom stereocenters. The predicted octanol–water partition coefficient (Wildman–Crippen LogP) is 1.60. The van der Waals surface area contributed by atoms with E-state index in [1.807, 2.05) is 37.3 Å². The molecule has 0 spiro atoms. The van der Waals surface area contributed by atoms with E-state index < -0.39 is 12.0 Å². The lowest BCUT2D eigenvalue weighted by Crippen LogP contribution is -2.48. The van der Waals surface area contributed by atoms with Gasteiger partial charge in [-0.1, -0.05) is 37.3 Å². The van der Waals surface area contributed by atoms with Gasteiger partial charge in [-0.2, -0.15) is 5.26 Å². The van der Waals surface area contributed by atoms with Gasteiger partial charge in [-0.25, -0.2) is 0 Å². The second-order valence-corrected chi connectivity index (χ2v) is 5.49. The van der Waals surface area contributed by atoms with E-state index in [4.69, 9.17) is 0 Å². The molecule has 0 aliphatic carbocycles. The summed E-state index contributed by atoms with van der Waals surface area (Å²) in [5.74, 6) is -0.617. The highest BCUT2D eigenvalue weighted by Gasteiger charge is 2.31. The van der Waals surface area contributed by atoms with Crippen molar-refractivity contribution in [3.8, 4) is 6.07 Å². The molecule has 0 radical (unpaired) electrons. The lowest BCUT2D eigenvalue weighted by molar-refractivity contribution is -0.138. The molecule has 1 heterocycles. The highest BCUT2D eigenvalue weighted by atomic mass is 16.3. The number of carbonyl (C=O) groups is 1. The van der Waals surface area contributed by atoms with Gasteiger partial charge in [-0.3, -0.25) is 4.79 Å². The number of rotatable bonds is 3. The van der Waals surface area contributed by atoms with Crippen LogP contribution in [0.2, 0.25) is 0 Å². The number of nitriles is 1. The number of nitrogens with zero attached hydrogens (tertiary/aromatic N) is 2. The molecular weight excluding hydrogens is 252 g/mol. The minimum atomic E-state index is -0.669. The summed E-state index contributed by atoms with van der Waals surface area (Å²) in [7, 11) is 0. The average molecular weight is 272 g/mol. The molecule has 0 bridgehead atoms. The van der Waals surface area contributed by atoms with Crippen LogP contribution in [0.4, 0.5) is 0 Å². The maximum atomic E-state index is 12.4. The fourth-order valence-corrected chi connectivity index (χ4v) is 2.51. The zero-order chi connectivity index (χ0) is 14.5. The maximum Gasteiger partial charge on any atom is 0.240 e. The zero-order valence-corrected chi connectivity index (χ0v) is 11.7. The molecule has 2 rings (SSSR count). The number of carbonyl (C=O) groups excluding carboxylic acids is 1. The van der Waals surface area contributed by atoms with Crippen LogP contribution in [0.25, 0.3) is 0 Å². The Morgan fingerprint density at radius 1 is 1.50 bits per heavy atom. The first-order valence-corrected chi connectivity index (χ1v) is 7.02. The molecule has 20 heavy (non-hydrogen) atoms. The van der Waals surface area contributed by atoms with Crippen LogP contribution in [0.5, 0.6) is 0 Å². The molecule has 106 valence electrons. The molecule has 4 heteroatoms. The summed E-state index contributed by atoms with van der Waals surface area (Å²) in [6.07, 6.45) is 0.734. The van der Waals surface area contributed by atoms with Gasteiger partial charge in [0, 0.05) is 13.1 Å². The molecule has 1 fully saturated rings. The Balaban J connectivity index is 2.01. The minimum absolute atomic E-state index is 0.165. The Morgan fingerprint density at radius 2 is 2.20 bits per heavy atom. The number of β-amino-alcohol motifs (C(OH)–C–C–N with tert-alkyl or cyclic N) is 1. The summed E-state index contributed by atoms with van der Waals surface area (Å²) in [5, 5.41) is 19.1. The van der Waals surface area contributed by atoms with Crippen LogP contribution < -0.4 is 0 Å². The first kappa shape index (κ1) is 14.5. The highest BCUT2D eigenvalue weighted by Crippen LogP contribution is 2.20. The van der Waals surface area contributed by atoms with Crippen LogP contribution in [0.1, 0.15) is 18.9 Å². The van der Waals surface area contributed by atoms with Gasteiger partial charge in [-0.15, -0.1) is 0 Å².